The molecule has 1 unspecified atom stereocenters. The molecule has 3 heterocycles. The molecular weight excluding hydrogens is 250 g/mol. The highest BCUT2D eigenvalue weighted by molar-refractivity contribution is 7.98. The Morgan fingerprint density at radius 3 is 3.12 bits per heavy atom. The molecule has 17 heavy (non-hydrogen) atoms. The summed E-state index contributed by atoms with van der Waals surface area (Å²) in [7, 11) is 1.94. The van der Waals surface area contributed by atoms with Gasteiger partial charge in [0.15, 0.2) is 0 Å². The highest BCUT2D eigenvalue weighted by Gasteiger charge is 2.19. The van der Waals surface area contributed by atoms with E-state index in [1.54, 1.807) is 6.20 Å². The van der Waals surface area contributed by atoms with E-state index in [0.29, 0.717) is 0 Å². The van der Waals surface area contributed by atoms with Gasteiger partial charge in [0.25, 0.3) is 0 Å². The third kappa shape index (κ3) is 2.03. The van der Waals surface area contributed by atoms with Gasteiger partial charge in [-0.05, 0) is 29.9 Å². The molecule has 0 aliphatic carbocycles. The smallest absolute Gasteiger partial charge is 0.0816 e. The summed E-state index contributed by atoms with van der Waals surface area (Å²) in [5.74, 6) is 2.39. The lowest BCUT2D eigenvalue weighted by Crippen LogP contribution is -2.14. The molecule has 0 spiro atoms. The van der Waals surface area contributed by atoms with Gasteiger partial charge in [-0.1, -0.05) is 0 Å². The van der Waals surface area contributed by atoms with Crippen LogP contribution >= 0.6 is 23.1 Å². The molecule has 1 atom stereocenters. The number of rotatable bonds is 2. The minimum Gasteiger partial charge on any atom is -0.318 e. The van der Waals surface area contributed by atoms with Gasteiger partial charge >= 0.3 is 0 Å². The van der Waals surface area contributed by atoms with Crippen LogP contribution in [0.1, 0.15) is 27.1 Å². The molecule has 0 saturated heterocycles. The first kappa shape index (κ1) is 11.3. The van der Waals surface area contributed by atoms with Crippen molar-refractivity contribution in [1.82, 2.24) is 9.78 Å². The third-order valence-electron chi connectivity index (χ3n) is 3.13. The van der Waals surface area contributed by atoms with Crippen LogP contribution in [-0.2, 0) is 19.2 Å². The van der Waals surface area contributed by atoms with Crippen molar-refractivity contribution in [3.05, 3.63) is 39.3 Å². The fraction of sp³-hybridized carbons (Fsp3) is 0.417. The fourth-order valence-corrected chi connectivity index (χ4v) is 4.55. The molecule has 2 aromatic heterocycles. The van der Waals surface area contributed by atoms with Gasteiger partial charge in [0.1, 0.15) is 0 Å². The van der Waals surface area contributed by atoms with E-state index in [4.69, 9.17) is 5.73 Å². The second kappa shape index (κ2) is 4.48. The number of nitrogens with zero attached hydrogens (tertiary/aromatic N) is 2. The quantitative estimate of drug-likeness (QED) is 0.906. The Hall–Kier alpha value is -0.780. The molecule has 0 fully saturated rings. The topological polar surface area (TPSA) is 43.8 Å². The zero-order valence-electron chi connectivity index (χ0n) is 9.72. The van der Waals surface area contributed by atoms with Crippen molar-refractivity contribution in [2.45, 2.75) is 18.2 Å². The van der Waals surface area contributed by atoms with Gasteiger partial charge in [0.05, 0.1) is 11.7 Å². The Morgan fingerprint density at radius 2 is 2.41 bits per heavy atom. The molecule has 3 rings (SSSR count). The van der Waals surface area contributed by atoms with Crippen LogP contribution in [-0.4, -0.2) is 15.5 Å². The lowest BCUT2D eigenvalue weighted by molar-refractivity contribution is 0.678. The van der Waals surface area contributed by atoms with Crippen LogP contribution in [0, 0.1) is 0 Å². The van der Waals surface area contributed by atoms with Crippen molar-refractivity contribution in [2.75, 3.05) is 5.75 Å². The molecule has 0 bridgehead atoms. The predicted octanol–water partition coefficient (Wildman–Crippen LogP) is 2.32. The lowest BCUT2D eigenvalue weighted by Gasteiger charge is -2.09. The Bertz CT molecular complexity index is 506. The summed E-state index contributed by atoms with van der Waals surface area (Å²) in [6.45, 7) is 0. The number of hydrogen-bond donors (Lipinski definition) is 1. The molecular formula is C12H15N3S2. The zero-order valence-corrected chi connectivity index (χ0v) is 11.4. The number of fused-ring (bicyclic) bond motifs is 1. The summed E-state index contributed by atoms with van der Waals surface area (Å²) in [5, 5.41) is 4.18. The van der Waals surface area contributed by atoms with Crippen molar-refractivity contribution in [3.8, 4) is 0 Å². The standard InChI is InChI=1S/C12H15N3S2/c1-15-9(2-4-14-15)12(13)11-6-8-7-16-5-3-10(8)17-11/h2,4,6,12H,3,5,7,13H2,1H3. The SMILES string of the molecule is Cn1nccc1C(N)c1cc2c(s1)CCSC2. The molecule has 0 saturated carbocycles. The van der Waals surface area contributed by atoms with Gasteiger partial charge in [-0.2, -0.15) is 16.9 Å². The highest BCUT2D eigenvalue weighted by Crippen LogP contribution is 2.35. The Balaban J connectivity index is 1.94. The van der Waals surface area contributed by atoms with Gasteiger partial charge in [0.2, 0.25) is 0 Å². The molecule has 0 amide bonds. The van der Waals surface area contributed by atoms with Crippen LogP contribution in [0.3, 0.4) is 0 Å². The Kier molecular flexibility index (Phi) is 2.98. The molecule has 2 aromatic rings. The van der Waals surface area contributed by atoms with E-state index in [0.717, 1.165) is 11.4 Å². The number of thioether (sulfide) groups is 1. The minimum absolute atomic E-state index is 0.0388. The van der Waals surface area contributed by atoms with Crippen molar-refractivity contribution < 1.29 is 0 Å². The van der Waals surface area contributed by atoms with Crippen molar-refractivity contribution >= 4 is 23.1 Å². The van der Waals surface area contributed by atoms with Gasteiger partial charge in [-0.15, -0.1) is 11.3 Å². The summed E-state index contributed by atoms with van der Waals surface area (Å²) in [5.41, 5.74) is 8.88. The molecule has 1 aliphatic rings. The maximum atomic E-state index is 6.32. The molecule has 5 heteroatoms. The molecule has 3 nitrogen and oxygen atoms in total. The normalized spacial score (nSPS) is 16.8. The fourth-order valence-electron chi connectivity index (χ4n) is 2.16. The van der Waals surface area contributed by atoms with E-state index in [9.17, 15) is 0 Å². The molecule has 1 aliphatic heterocycles. The number of aryl methyl sites for hydroxylation is 2. The summed E-state index contributed by atoms with van der Waals surface area (Å²) in [6, 6.07) is 4.24. The van der Waals surface area contributed by atoms with Crippen LogP contribution < -0.4 is 5.73 Å². The average Bonchev–Trinajstić information content (AvgIpc) is 2.93. The first-order valence-corrected chi connectivity index (χ1v) is 7.65. The van der Waals surface area contributed by atoms with Gasteiger partial charge in [-0.3, -0.25) is 4.68 Å². The van der Waals surface area contributed by atoms with Crippen LogP contribution in [0.25, 0.3) is 0 Å². The second-order valence-corrected chi connectivity index (χ2v) is 6.53. The number of aromatic nitrogens is 2. The van der Waals surface area contributed by atoms with Crippen LogP contribution in [0.2, 0.25) is 0 Å². The Labute approximate surface area is 109 Å². The number of nitrogens with two attached hydrogens (primary N) is 1. The van der Waals surface area contributed by atoms with Crippen LogP contribution in [0.15, 0.2) is 18.3 Å². The molecule has 90 valence electrons. The molecule has 0 radical (unpaired) electrons. The zero-order chi connectivity index (χ0) is 11.8. The first-order valence-electron chi connectivity index (χ1n) is 5.68. The van der Waals surface area contributed by atoms with Gasteiger partial charge in [0, 0.05) is 28.8 Å². The predicted molar refractivity (Wildman–Crippen MR) is 73.4 cm³/mol. The summed E-state index contributed by atoms with van der Waals surface area (Å²) < 4.78 is 1.86. The highest BCUT2D eigenvalue weighted by atomic mass is 32.2. The van der Waals surface area contributed by atoms with E-state index in [1.807, 2.05) is 40.9 Å². The monoisotopic (exact) mass is 265 g/mol. The maximum absolute atomic E-state index is 6.32. The van der Waals surface area contributed by atoms with E-state index in [1.165, 1.54) is 27.5 Å². The molecule has 0 aromatic carbocycles. The van der Waals surface area contributed by atoms with E-state index in [2.05, 4.69) is 11.2 Å². The van der Waals surface area contributed by atoms with Gasteiger partial charge < -0.3 is 5.73 Å². The van der Waals surface area contributed by atoms with Gasteiger partial charge in [-0.25, -0.2) is 0 Å². The Morgan fingerprint density at radius 1 is 1.53 bits per heavy atom. The van der Waals surface area contributed by atoms with Crippen LogP contribution in [0.4, 0.5) is 0 Å². The summed E-state index contributed by atoms with van der Waals surface area (Å²) in [4.78, 5) is 2.79. The minimum atomic E-state index is -0.0388. The first-order chi connectivity index (χ1) is 8.25. The molecule has 2 N–H and O–H groups in total. The third-order valence-corrected chi connectivity index (χ3v) is 5.46. The van der Waals surface area contributed by atoms with Crippen molar-refractivity contribution in [1.29, 1.82) is 0 Å². The largest absolute Gasteiger partial charge is 0.318 e. The lowest BCUT2D eigenvalue weighted by atomic mass is 10.1. The summed E-state index contributed by atoms with van der Waals surface area (Å²) in [6.07, 6.45) is 3.00. The van der Waals surface area contributed by atoms with E-state index >= 15 is 0 Å². The second-order valence-electron chi connectivity index (χ2n) is 4.26. The van der Waals surface area contributed by atoms with E-state index < -0.39 is 0 Å². The summed E-state index contributed by atoms with van der Waals surface area (Å²) >= 11 is 3.88. The average molecular weight is 265 g/mol. The number of thiophene rings is 1. The number of hydrogen-bond acceptors (Lipinski definition) is 4. The maximum Gasteiger partial charge on any atom is 0.0816 e. The van der Waals surface area contributed by atoms with Crippen molar-refractivity contribution in [2.24, 2.45) is 12.8 Å². The van der Waals surface area contributed by atoms with E-state index in [-0.39, 0.29) is 6.04 Å². The van der Waals surface area contributed by atoms with Crippen LogP contribution in [0.5, 0.6) is 0 Å². The van der Waals surface area contributed by atoms with Crippen molar-refractivity contribution in [3.63, 3.8) is 0 Å².